The quantitative estimate of drug-likeness (QED) is 0.644. The predicted octanol–water partition coefficient (Wildman–Crippen LogP) is -0.0211. The molecule has 0 saturated carbocycles. The minimum Gasteiger partial charge on any atom is -0.396 e. The van der Waals surface area contributed by atoms with E-state index in [1.807, 2.05) is 0 Å². The summed E-state index contributed by atoms with van der Waals surface area (Å²) in [5.41, 5.74) is 1.34. The zero-order chi connectivity index (χ0) is 12.8. The summed E-state index contributed by atoms with van der Waals surface area (Å²) < 4.78 is 0. The first-order chi connectivity index (χ1) is 8.81. The van der Waals surface area contributed by atoms with Crippen LogP contribution >= 0.6 is 0 Å². The Hall–Kier alpha value is -2.28. The highest BCUT2D eigenvalue weighted by molar-refractivity contribution is 5.94. The van der Waals surface area contributed by atoms with E-state index in [0.29, 0.717) is 24.4 Å². The lowest BCUT2D eigenvalue weighted by Crippen LogP contribution is -2.24. The van der Waals surface area contributed by atoms with Gasteiger partial charge in [0.25, 0.3) is 5.91 Å². The first-order valence-corrected chi connectivity index (χ1v) is 5.54. The monoisotopic (exact) mass is 247 g/mol. The van der Waals surface area contributed by atoms with E-state index >= 15 is 0 Å². The zero-order valence-corrected chi connectivity index (χ0v) is 9.63. The van der Waals surface area contributed by atoms with Crippen LogP contribution in [0, 0.1) is 0 Å². The van der Waals surface area contributed by atoms with Gasteiger partial charge in [-0.1, -0.05) is 12.1 Å². The highest BCUT2D eigenvalue weighted by atomic mass is 16.3. The van der Waals surface area contributed by atoms with E-state index in [2.05, 4.69) is 25.9 Å². The van der Waals surface area contributed by atoms with Gasteiger partial charge in [-0.2, -0.15) is 5.21 Å². The Kier molecular flexibility index (Phi) is 3.98. The third-order valence-electron chi connectivity index (χ3n) is 2.37. The van der Waals surface area contributed by atoms with Crippen LogP contribution < -0.4 is 5.32 Å². The highest BCUT2D eigenvalue weighted by Gasteiger charge is 2.06. The first-order valence-electron chi connectivity index (χ1n) is 5.54. The highest BCUT2D eigenvalue weighted by Crippen LogP contribution is 2.13. The molecule has 1 heterocycles. The largest absolute Gasteiger partial charge is 0.396 e. The molecule has 0 fully saturated rings. The summed E-state index contributed by atoms with van der Waals surface area (Å²) in [5.74, 6) is 0.324. The van der Waals surface area contributed by atoms with E-state index in [1.54, 1.807) is 24.3 Å². The molecule has 0 unspecified atom stereocenters. The van der Waals surface area contributed by atoms with Crippen LogP contribution in [0.15, 0.2) is 24.3 Å². The van der Waals surface area contributed by atoms with Crippen LogP contribution in [0.4, 0.5) is 0 Å². The summed E-state index contributed by atoms with van der Waals surface area (Å²) in [4.78, 5) is 11.7. The number of hydrogen-bond donors (Lipinski definition) is 3. The molecule has 7 nitrogen and oxygen atoms in total. The van der Waals surface area contributed by atoms with Crippen molar-refractivity contribution in [1.29, 1.82) is 0 Å². The van der Waals surface area contributed by atoms with Gasteiger partial charge < -0.3 is 10.4 Å². The SMILES string of the molecule is O=C(NCCCO)c1ccc(-c2nn[nH]n2)cc1. The van der Waals surface area contributed by atoms with Gasteiger partial charge in [0, 0.05) is 24.3 Å². The van der Waals surface area contributed by atoms with Crippen LogP contribution in [0.3, 0.4) is 0 Å². The van der Waals surface area contributed by atoms with Crippen molar-refractivity contribution in [1.82, 2.24) is 25.9 Å². The van der Waals surface area contributed by atoms with Crippen LogP contribution in [-0.4, -0.2) is 44.8 Å². The molecule has 1 amide bonds. The molecule has 7 heteroatoms. The summed E-state index contributed by atoms with van der Waals surface area (Å²) in [6.07, 6.45) is 0.548. The minimum atomic E-state index is -0.164. The Balaban J connectivity index is 2.01. The lowest BCUT2D eigenvalue weighted by atomic mass is 10.1. The number of H-pyrrole nitrogens is 1. The Bertz CT molecular complexity index is 495. The Morgan fingerprint density at radius 3 is 2.72 bits per heavy atom. The maximum absolute atomic E-state index is 11.7. The van der Waals surface area contributed by atoms with Crippen molar-refractivity contribution in [2.45, 2.75) is 6.42 Å². The number of nitrogens with zero attached hydrogens (tertiary/aromatic N) is 3. The molecule has 0 bridgehead atoms. The molecular weight excluding hydrogens is 234 g/mol. The molecule has 0 saturated heterocycles. The van der Waals surface area contributed by atoms with Gasteiger partial charge in [0.15, 0.2) is 0 Å². The van der Waals surface area contributed by atoms with Crippen LogP contribution in [0.2, 0.25) is 0 Å². The molecule has 0 aliphatic heterocycles. The number of benzene rings is 1. The molecule has 2 aromatic rings. The van der Waals surface area contributed by atoms with E-state index < -0.39 is 0 Å². The number of carbonyl (C=O) groups is 1. The summed E-state index contributed by atoms with van der Waals surface area (Å²) in [5, 5.41) is 24.8. The Labute approximate surface area is 103 Å². The number of rotatable bonds is 5. The van der Waals surface area contributed by atoms with Gasteiger partial charge in [-0.3, -0.25) is 4.79 Å². The third-order valence-corrected chi connectivity index (χ3v) is 2.37. The molecule has 0 radical (unpaired) electrons. The summed E-state index contributed by atoms with van der Waals surface area (Å²) >= 11 is 0. The van der Waals surface area contributed by atoms with Gasteiger partial charge in [-0.15, -0.1) is 10.2 Å². The number of aliphatic hydroxyl groups excluding tert-OH is 1. The van der Waals surface area contributed by atoms with Gasteiger partial charge in [0.1, 0.15) is 0 Å². The van der Waals surface area contributed by atoms with Crippen molar-refractivity contribution in [3.8, 4) is 11.4 Å². The first kappa shape index (κ1) is 12.2. The lowest BCUT2D eigenvalue weighted by molar-refractivity contribution is 0.0951. The van der Waals surface area contributed by atoms with Crippen molar-refractivity contribution >= 4 is 5.91 Å². The molecule has 0 aliphatic rings. The molecular formula is C11H13N5O2. The predicted molar refractivity (Wildman–Crippen MR) is 63.6 cm³/mol. The van der Waals surface area contributed by atoms with Gasteiger partial charge in [0.05, 0.1) is 0 Å². The fraction of sp³-hybridized carbons (Fsp3) is 0.273. The summed E-state index contributed by atoms with van der Waals surface area (Å²) in [7, 11) is 0. The second-order valence-corrected chi connectivity index (χ2v) is 3.65. The molecule has 94 valence electrons. The number of aliphatic hydroxyl groups is 1. The van der Waals surface area contributed by atoms with E-state index in [4.69, 9.17) is 5.11 Å². The number of nitrogens with one attached hydrogen (secondary N) is 2. The van der Waals surface area contributed by atoms with Crippen LogP contribution in [0.25, 0.3) is 11.4 Å². The van der Waals surface area contributed by atoms with Crippen molar-refractivity contribution in [3.63, 3.8) is 0 Å². The molecule has 0 spiro atoms. The number of amides is 1. The van der Waals surface area contributed by atoms with Gasteiger partial charge in [-0.25, -0.2) is 0 Å². The second-order valence-electron chi connectivity index (χ2n) is 3.65. The molecule has 0 atom stereocenters. The Morgan fingerprint density at radius 2 is 2.11 bits per heavy atom. The van der Waals surface area contributed by atoms with Crippen molar-refractivity contribution < 1.29 is 9.90 Å². The maximum Gasteiger partial charge on any atom is 0.251 e. The number of tetrazole rings is 1. The fourth-order valence-corrected chi connectivity index (χ4v) is 1.44. The second kappa shape index (κ2) is 5.87. The third kappa shape index (κ3) is 2.89. The van der Waals surface area contributed by atoms with Crippen LogP contribution in [-0.2, 0) is 0 Å². The topological polar surface area (TPSA) is 104 Å². The van der Waals surface area contributed by atoms with Crippen LogP contribution in [0.1, 0.15) is 16.8 Å². The molecule has 2 rings (SSSR count). The van der Waals surface area contributed by atoms with E-state index in [1.165, 1.54) is 0 Å². The van der Waals surface area contributed by atoms with Gasteiger partial charge in [-0.05, 0) is 23.8 Å². The normalized spacial score (nSPS) is 10.3. The molecule has 3 N–H and O–H groups in total. The standard InChI is InChI=1S/C11H13N5O2/c17-7-1-6-12-11(18)9-4-2-8(3-5-9)10-13-15-16-14-10/h2-5,17H,1,6-7H2,(H,12,18)(H,13,14,15,16). The van der Waals surface area contributed by atoms with Crippen molar-refractivity contribution in [2.75, 3.05) is 13.2 Å². The van der Waals surface area contributed by atoms with Crippen molar-refractivity contribution in [2.24, 2.45) is 0 Å². The smallest absolute Gasteiger partial charge is 0.251 e. The van der Waals surface area contributed by atoms with Crippen LogP contribution in [0.5, 0.6) is 0 Å². The van der Waals surface area contributed by atoms with E-state index in [-0.39, 0.29) is 12.5 Å². The average Bonchev–Trinajstić information content (AvgIpc) is 2.93. The summed E-state index contributed by atoms with van der Waals surface area (Å²) in [6, 6.07) is 6.90. The van der Waals surface area contributed by atoms with E-state index in [0.717, 1.165) is 5.56 Å². The number of aromatic amines is 1. The number of aromatic nitrogens is 4. The zero-order valence-electron chi connectivity index (χ0n) is 9.63. The number of carbonyl (C=O) groups excluding carboxylic acids is 1. The number of hydrogen-bond acceptors (Lipinski definition) is 5. The molecule has 0 aliphatic carbocycles. The molecule has 18 heavy (non-hydrogen) atoms. The molecule has 1 aromatic heterocycles. The van der Waals surface area contributed by atoms with Gasteiger partial charge >= 0.3 is 0 Å². The minimum absolute atomic E-state index is 0.0665. The Morgan fingerprint density at radius 1 is 1.33 bits per heavy atom. The van der Waals surface area contributed by atoms with E-state index in [9.17, 15) is 4.79 Å². The molecule has 1 aromatic carbocycles. The summed E-state index contributed by atoms with van der Waals surface area (Å²) in [6.45, 7) is 0.527. The fourth-order valence-electron chi connectivity index (χ4n) is 1.44. The maximum atomic E-state index is 11.7. The van der Waals surface area contributed by atoms with Crippen molar-refractivity contribution in [3.05, 3.63) is 29.8 Å². The van der Waals surface area contributed by atoms with Gasteiger partial charge in [0.2, 0.25) is 5.82 Å². The average molecular weight is 247 g/mol. The lowest BCUT2D eigenvalue weighted by Gasteiger charge is -2.04.